The predicted octanol–water partition coefficient (Wildman–Crippen LogP) is 1.56. The van der Waals surface area contributed by atoms with Crippen molar-refractivity contribution in [3.05, 3.63) is 29.3 Å². The molecule has 1 rings (SSSR count). The summed E-state index contributed by atoms with van der Waals surface area (Å²) in [6.07, 6.45) is -3.06. The number of aryl methyl sites for hydroxylation is 1. The van der Waals surface area contributed by atoms with Crippen LogP contribution in [0.1, 0.15) is 11.1 Å². The highest BCUT2D eigenvalue weighted by Crippen LogP contribution is 2.16. The summed E-state index contributed by atoms with van der Waals surface area (Å²) in [5.41, 5.74) is 1.52. The maximum absolute atomic E-state index is 12.3. The van der Waals surface area contributed by atoms with Gasteiger partial charge in [0.2, 0.25) is 0 Å². The third kappa shape index (κ3) is 8.05. The average Bonchev–Trinajstić information content (AvgIpc) is 2.47. The van der Waals surface area contributed by atoms with Gasteiger partial charge in [-0.2, -0.15) is 13.2 Å². The van der Waals surface area contributed by atoms with Crippen LogP contribution < -0.4 is 10.6 Å². The number of guanidine groups is 1. The van der Waals surface area contributed by atoms with Crippen molar-refractivity contribution in [1.82, 2.24) is 15.5 Å². The van der Waals surface area contributed by atoms with Gasteiger partial charge in [-0.25, -0.2) is 8.42 Å². The molecule has 6 nitrogen and oxygen atoms in total. The monoisotopic (exact) mass is 394 g/mol. The highest BCUT2D eigenvalue weighted by molar-refractivity contribution is 7.90. The molecule has 0 saturated heterocycles. The van der Waals surface area contributed by atoms with Gasteiger partial charge in [0.1, 0.15) is 0 Å². The van der Waals surface area contributed by atoms with Gasteiger partial charge in [0.15, 0.2) is 15.8 Å². The standard InChI is InChI=1S/C16H25F3N4O2S/c1-12-9-13(5-6-14(12)26(4,24)25)10-22-15(20-2)21-7-8-23(3)11-16(17,18)19/h5-6,9H,7-8,10-11H2,1-4H3,(H2,20,21,22). The number of aliphatic imine (C=N–C) groups is 1. The molecule has 0 radical (unpaired) electrons. The van der Waals surface area contributed by atoms with Gasteiger partial charge in [0.05, 0.1) is 11.4 Å². The molecule has 2 N–H and O–H groups in total. The normalized spacial score (nSPS) is 13.2. The van der Waals surface area contributed by atoms with Crippen LogP contribution >= 0.6 is 0 Å². The minimum atomic E-state index is -4.22. The molecule has 0 spiro atoms. The number of likely N-dealkylation sites (N-methyl/N-ethyl adjacent to an activating group) is 1. The van der Waals surface area contributed by atoms with Gasteiger partial charge < -0.3 is 10.6 Å². The molecule has 0 amide bonds. The SMILES string of the molecule is CN=C(NCCN(C)CC(F)(F)F)NCc1ccc(S(C)(=O)=O)c(C)c1. The Morgan fingerprint density at radius 1 is 1.27 bits per heavy atom. The number of rotatable bonds is 7. The molecular formula is C16H25F3N4O2S. The lowest BCUT2D eigenvalue weighted by Gasteiger charge is -2.19. The molecule has 26 heavy (non-hydrogen) atoms. The minimum Gasteiger partial charge on any atom is -0.355 e. The molecule has 0 aliphatic heterocycles. The zero-order valence-electron chi connectivity index (χ0n) is 15.3. The van der Waals surface area contributed by atoms with E-state index in [1.165, 1.54) is 11.9 Å². The average molecular weight is 394 g/mol. The number of hydrogen-bond acceptors (Lipinski definition) is 4. The van der Waals surface area contributed by atoms with Gasteiger partial charge >= 0.3 is 6.18 Å². The van der Waals surface area contributed by atoms with Crippen molar-refractivity contribution in [2.45, 2.75) is 24.5 Å². The summed E-state index contributed by atoms with van der Waals surface area (Å²) >= 11 is 0. The van der Waals surface area contributed by atoms with Crippen LogP contribution in [0.3, 0.4) is 0 Å². The smallest absolute Gasteiger partial charge is 0.355 e. The van der Waals surface area contributed by atoms with Gasteiger partial charge in [0.25, 0.3) is 0 Å². The van der Waals surface area contributed by atoms with Crippen LogP contribution in [-0.4, -0.2) is 65.4 Å². The molecular weight excluding hydrogens is 369 g/mol. The Labute approximate surface area is 152 Å². The quantitative estimate of drug-likeness (QED) is 0.542. The third-order valence-corrected chi connectivity index (χ3v) is 4.81. The van der Waals surface area contributed by atoms with Crippen molar-refractivity contribution in [3.63, 3.8) is 0 Å². The number of sulfone groups is 1. The first-order valence-corrected chi connectivity index (χ1v) is 9.81. The summed E-state index contributed by atoms with van der Waals surface area (Å²) in [7, 11) is -0.298. The molecule has 0 bridgehead atoms. The van der Waals surface area contributed by atoms with E-state index in [4.69, 9.17) is 0 Å². The largest absolute Gasteiger partial charge is 0.401 e. The number of alkyl halides is 3. The van der Waals surface area contributed by atoms with E-state index in [0.29, 0.717) is 24.6 Å². The molecule has 0 unspecified atom stereocenters. The first-order chi connectivity index (χ1) is 11.9. The minimum absolute atomic E-state index is 0.211. The molecule has 1 aromatic carbocycles. The van der Waals surface area contributed by atoms with Crippen LogP contribution in [0.2, 0.25) is 0 Å². The van der Waals surface area contributed by atoms with Crippen molar-refractivity contribution < 1.29 is 21.6 Å². The lowest BCUT2D eigenvalue weighted by Crippen LogP contribution is -2.42. The van der Waals surface area contributed by atoms with E-state index >= 15 is 0 Å². The number of halogens is 3. The van der Waals surface area contributed by atoms with Crippen LogP contribution in [0.15, 0.2) is 28.1 Å². The second kappa shape index (κ2) is 9.22. The molecule has 0 heterocycles. The zero-order valence-corrected chi connectivity index (χ0v) is 16.1. The lowest BCUT2D eigenvalue weighted by atomic mass is 10.1. The summed E-state index contributed by atoms with van der Waals surface area (Å²) in [5, 5.41) is 5.98. The molecule has 10 heteroatoms. The van der Waals surface area contributed by atoms with Crippen molar-refractivity contribution >= 4 is 15.8 Å². The highest BCUT2D eigenvalue weighted by Gasteiger charge is 2.28. The Bertz CT molecular complexity index is 734. The maximum Gasteiger partial charge on any atom is 0.401 e. The summed E-state index contributed by atoms with van der Waals surface area (Å²) in [6.45, 7) is 1.68. The molecule has 0 aliphatic carbocycles. The number of nitrogens with zero attached hydrogens (tertiary/aromatic N) is 2. The first-order valence-electron chi connectivity index (χ1n) is 7.92. The van der Waals surface area contributed by atoms with Crippen LogP contribution in [0.25, 0.3) is 0 Å². The fraction of sp³-hybridized carbons (Fsp3) is 0.562. The maximum atomic E-state index is 12.3. The van der Waals surface area contributed by atoms with Gasteiger partial charge in [-0.1, -0.05) is 12.1 Å². The van der Waals surface area contributed by atoms with E-state index in [0.717, 1.165) is 11.8 Å². The summed E-state index contributed by atoms with van der Waals surface area (Å²) in [4.78, 5) is 5.47. The van der Waals surface area contributed by atoms with E-state index < -0.39 is 22.6 Å². The van der Waals surface area contributed by atoms with Crippen LogP contribution in [-0.2, 0) is 16.4 Å². The van der Waals surface area contributed by atoms with Crippen molar-refractivity contribution in [3.8, 4) is 0 Å². The van der Waals surface area contributed by atoms with Gasteiger partial charge in [0, 0.05) is 32.9 Å². The van der Waals surface area contributed by atoms with Crippen molar-refractivity contribution in [2.24, 2.45) is 4.99 Å². The van der Waals surface area contributed by atoms with E-state index in [9.17, 15) is 21.6 Å². The Kier molecular flexibility index (Phi) is 7.88. The summed E-state index contributed by atoms with van der Waals surface area (Å²) in [5.74, 6) is 0.454. The Morgan fingerprint density at radius 3 is 2.42 bits per heavy atom. The second-order valence-electron chi connectivity index (χ2n) is 6.08. The highest BCUT2D eigenvalue weighted by atomic mass is 32.2. The van der Waals surface area contributed by atoms with E-state index in [1.54, 1.807) is 32.2 Å². The fourth-order valence-corrected chi connectivity index (χ4v) is 3.35. The van der Waals surface area contributed by atoms with Gasteiger partial charge in [-0.05, 0) is 31.2 Å². The lowest BCUT2D eigenvalue weighted by molar-refractivity contribution is -0.142. The van der Waals surface area contributed by atoms with E-state index in [1.807, 2.05) is 0 Å². The molecule has 0 aliphatic rings. The molecule has 148 valence electrons. The Balaban J connectivity index is 2.51. The topological polar surface area (TPSA) is 73.8 Å². The van der Waals surface area contributed by atoms with Crippen molar-refractivity contribution in [2.75, 3.05) is 40.0 Å². The van der Waals surface area contributed by atoms with Crippen LogP contribution in [0, 0.1) is 6.92 Å². The molecule has 1 aromatic rings. The number of hydrogen-bond donors (Lipinski definition) is 2. The Morgan fingerprint density at radius 2 is 1.92 bits per heavy atom. The zero-order chi connectivity index (χ0) is 20.0. The fourth-order valence-electron chi connectivity index (χ4n) is 2.39. The number of benzene rings is 1. The molecule has 0 atom stereocenters. The van der Waals surface area contributed by atoms with Crippen LogP contribution in [0.4, 0.5) is 13.2 Å². The first kappa shape index (κ1) is 22.2. The van der Waals surface area contributed by atoms with E-state index in [2.05, 4.69) is 15.6 Å². The van der Waals surface area contributed by atoms with Crippen molar-refractivity contribution in [1.29, 1.82) is 0 Å². The van der Waals surface area contributed by atoms with Gasteiger partial charge in [-0.3, -0.25) is 9.89 Å². The summed E-state index contributed by atoms with van der Waals surface area (Å²) in [6, 6.07) is 5.04. The van der Waals surface area contributed by atoms with Gasteiger partial charge in [-0.15, -0.1) is 0 Å². The second-order valence-corrected chi connectivity index (χ2v) is 8.06. The molecule has 0 fully saturated rings. The Hall–Kier alpha value is -1.81. The van der Waals surface area contributed by atoms with Crippen LogP contribution in [0.5, 0.6) is 0 Å². The number of nitrogens with one attached hydrogen (secondary N) is 2. The summed E-state index contributed by atoms with van der Waals surface area (Å²) < 4.78 is 60.0. The molecule has 0 saturated carbocycles. The predicted molar refractivity (Wildman–Crippen MR) is 96.0 cm³/mol. The third-order valence-electron chi connectivity index (χ3n) is 3.56. The van der Waals surface area contributed by atoms with E-state index in [-0.39, 0.29) is 11.4 Å². The molecule has 0 aromatic heterocycles.